The van der Waals surface area contributed by atoms with Crippen molar-refractivity contribution in [3.05, 3.63) is 39.7 Å². The van der Waals surface area contributed by atoms with Gasteiger partial charge >= 0.3 is 11.9 Å². The number of carboxylic acid groups (broad SMARTS) is 1. The Morgan fingerprint density at radius 2 is 2.00 bits per heavy atom. The molecule has 0 amide bonds. The van der Waals surface area contributed by atoms with Gasteiger partial charge in [0, 0.05) is 22.1 Å². The highest BCUT2D eigenvalue weighted by molar-refractivity contribution is 7.11. The maximum absolute atomic E-state index is 11.8. The average molecular weight is 339 g/mol. The number of allylic oxidation sites excluding steroid dienone is 1. The topological polar surface area (TPSA) is 63.6 Å². The van der Waals surface area contributed by atoms with Gasteiger partial charge in [0.25, 0.3) is 0 Å². The third-order valence-corrected chi connectivity index (χ3v) is 5.98. The Morgan fingerprint density at radius 1 is 1.36 bits per heavy atom. The summed E-state index contributed by atoms with van der Waals surface area (Å²) in [4.78, 5) is 24.5. The van der Waals surface area contributed by atoms with Crippen LogP contribution in [0.3, 0.4) is 0 Å². The number of esters is 1. The van der Waals surface area contributed by atoms with Crippen LogP contribution < -0.4 is 0 Å². The summed E-state index contributed by atoms with van der Waals surface area (Å²) in [6.45, 7) is 11.7. The molecule has 0 saturated carbocycles. The van der Waals surface area contributed by atoms with Crippen molar-refractivity contribution in [3.8, 4) is 0 Å². The summed E-state index contributed by atoms with van der Waals surface area (Å²) in [5.41, 5.74) is 0.960. The predicted molar refractivity (Wildman–Crippen MR) is 92.6 cm³/mol. The van der Waals surface area contributed by atoms with Gasteiger partial charge in [0.05, 0.1) is 14.7 Å². The minimum absolute atomic E-state index is 0.200. The summed E-state index contributed by atoms with van der Waals surface area (Å²) in [5.74, 6) is -1.39. The van der Waals surface area contributed by atoms with Crippen molar-refractivity contribution in [2.24, 2.45) is 0 Å². The van der Waals surface area contributed by atoms with Crippen LogP contribution in [0.5, 0.6) is 0 Å². The van der Waals surface area contributed by atoms with E-state index in [9.17, 15) is 14.7 Å². The Balaban J connectivity index is 3.34. The van der Waals surface area contributed by atoms with E-state index < -0.39 is 20.0 Å². The lowest BCUT2D eigenvalue weighted by Crippen LogP contribution is -2.31. The molecule has 4 nitrogen and oxygen atoms in total. The van der Waals surface area contributed by atoms with Crippen molar-refractivity contribution >= 4 is 36.9 Å². The molecule has 22 heavy (non-hydrogen) atoms. The number of rotatable bonds is 7. The lowest BCUT2D eigenvalue weighted by atomic mass is 10.0. The lowest BCUT2D eigenvalue weighted by Gasteiger charge is -2.22. The highest BCUT2D eigenvalue weighted by atomic mass is 32.1. The zero-order valence-electron chi connectivity index (χ0n) is 13.4. The fraction of sp³-hybridized carbons (Fsp3) is 0.375. The van der Waals surface area contributed by atoms with Gasteiger partial charge in [-0.05, 0) is 23.9 Å². The van der Waals surface area contributed by atoms with E-state index in [1.165, 1.54) is 11.3 Å². The van der Waals surface area contributed by atoms with Crippen molar-refractivity contribution in [2.45, 2.75) is 33.0 Å². The first-order valence-electron chi connectivity index (χ1n) is 7.04. The molecule has 0 unspecified atom stereocenters. The maximum atomic E-state index is 11.8. The summed E-state index contributed by atoms with van der Waals surface area (Å²) >= 11 is 1.47. The van der Waals surface area contributed by atoms with E-state index in [1.807, 2.05) is 37.2 Å². The van der Waals surface area contributed by atoms with Gasteiger partial charge in [0.1, 0.15) is 0 Å². The molecule has 1 aromatic rings. The SMILES string of the molecule is C=C(C/C(=C(\C(=O)O)[Si](C)(C)C)c1cccs1)C(=O)OCC. The van der Waals surface area contributed by atoms with Gasteiger partial charge in [-0.25, -0.2) is 9.59 Å². The lowest BCUT2D eigenvalue weighted by molar-refractivity contribution is -0.138. The molecule has 1 rings (SSSR count). The smallest absolute Gasteiger partial charge is 0.333 e. The first-order valence-corrected chi connectivity index (χ1v) is 11.4. The van der Waals surface area contributed by atoms with Gasteiger partial charge in [0.2, 0.25) is 0 Å². The molecule has 1 aromatic heterocycles. The van der Waals surface area contributed by atoms with E-state index in [0.717, 1.165) is 4.88 Å². The highest BCUT2D eigenvalue weighted by Crippen LogP contribution is 2.33. The molecule has 0 fully saturated rings. The van der Waals surface area contributed by atoms with E-state index in [2.05, 4.69) is 6.58 Å². The third kappa shape index (κ3) is 4.67. The van der Waals surface area contributed by atoms with Gasteiger partial charge < -0.3 is 9.84 Å². The Kier molecular flexibility index (Phi) is 6.31. The van der Waals surface area contributed by atoms with Gasteiger partial charge in [-0.1, -0.05) is 32.3 Å². The minimum Gasteiger partial charge on any atom is -0.478 e. The summed E-state index contributed by atoms with van der Waals surface area (Å²) in [5, 5.41) is 12.0. The molecule has 0 bridgehead atoms. The first kappa shape index (κ1) is 18.4. The van der Waals surface area contributed by atoms with E-state index in [0.29, 0.717) is 10.8 Å². The van der Waals surface area contributed by atoms with Gasteiger partial charge in [-0.3, -0.25) is 0 Å². The molecule has 0 radical (unpaired) electrons. The quantitative estimate of drug-likeness (QED) is 0.464. The Hall–Kier alpha value is -1.66. The van der Waals surface area contributed by atoms with Gasteiger partial charge in [-0.2, -0.15) is 0 Å². The second kappa shape index (κ2) is 7.55. The summed E-state index contributed by atoms with van der Waals surface area (Å²) in [6, 6.07) is 3.75. The summed E-state index contributed by atoms with van der Waals surface area (Å²) in [6.07, 6.45) is 0.200. The molecular formula is C16H22O4SSi. The van der Waals surface area contributed by atoms with Gasteiger partial charge in [0.15, 0.2) is 0 Å². The van der Waals surface area contributed by atoms with Crippen LogP contribution in [-0.2, 0) is 14.3 Å². The molecule has 0 aliphatic rings. The number of thiophene rings is 1. The van der Waals surface area contributed by atoms with E-state index in [-0.39, 0.29) is 18.6 Å². The Labute approximate surface area is 136 Å². The zero-order valence-corrected chi connectivity index (χ0v) is 15.3. The molecule has 0 aliphatic carbocycles. The number of carbonyl (C=O) groups excluding carboxylic acids is 1. The Morgan fingerprint density at radius 3 is 2.41 bits per heavy atom. The number of aliphatic carboxylic acids is 1. The maximum Gasteiger partial charge on any atom is 0.333 e. The van der Waals surface area contributed by atoms with Gasteiger partial charge in [-0.15, -0.1) is 11.3 Å². The fourth-order valence-corrected chi connectivity index (χ4v) is 4.81. The largest absolute Gasteiger partial charge is 0.478 e. The molecule has 120 valence electrons. The van der Waals surface area contributed by atoms with Crippen LogP contribution in [0.4, 0.5) is 0 Å². The van der Waals surface area contributed by atoms with Crippen LogP contribution in [0.25, 0.3) is 5.57 Å². The molecule has 0 saturated heterocycles. The number of carboxylic acids is 1. The predicted octanol–water partition coefficient (Wildman–Crippen LogP) is 3.97. The van der Waals surface area contributed by atoms with Crippen LogP contribution in [0.15, 0.2) is 34.9 Å². The molecule has 1 N–H and O–H groups in total. The van der Waals surface area contributed by atoms with Crippen LogP contribution in [-0.4, -0.2) is 31.7 Å². The summed E-state index contributed by atoms with van der Waals surface area (Å²) < 4.78 is 4.95. The van der Waals surface area contributed by atoms with E-state index in [1.54, 1.807) is 6.92 Å². The normalized spacial score (nSPS) is 12.5. The molecule has 1 heterocycles. The van der Waals surface area contributed by atoms with Crippen LogP contribution in [0, 0.1) is 0 Å². The van der Waals surface area contributed by atoms with Crippen molar-refractivity contribution in [1.29, 1.82) is 0 Å². The molecular weight excluding hydrogens is 316 g/mol. The molecule has 6 heteroatoms. The monoisotopic (exact) mass is 338 g/mol. The van der Waals surface area contributed by atoms with Crippen LogP contribution in [0.2, 0.25) is 19.6 Å². The van der Waals surface area contributed by atoms with Crippen LogP contribution >= 0.6 is 11.3 Å². The number of hydrogen-bond donors (Lipinski definition) is 1. The highest BCUT2D eigenvalue weighted by Gasteiger charge is 2.30. The summed E-state index contributed by atoms with van der Waals surface area (Å²) in [7, 11) is -2.10. The van der Waals surface area contributed by atoms with Crippen LogP contribution in [0.1, 0.15) is 18.2 Å². The number of ether oxygens (including phenoxy) is 1. The third-order valence-electron chi connectivity index (χ3n) is 3.04. The van der Waals surface area contributed by atoms with E-state index in [4.69, 9.17) is 4.74 Å². The van der Waals surface area contributed by atoms with Crippen molar-refractivity contribution < 1.29 is 19.4 Å². The molecule has 0 atom stereocenters. The first-order chi connectivity index (χ1) is 10.2. The second-order valence-corrected chi connectivity index (χ2v) is 11.8. The Bertz CT molecular complexity index is 594. The molecule has 0 spiro atoms. The second-order valence-electron chi connectivity index (χ2n) is 5.89. The number of carbonyl (C=O) groups is 2. The van der Waals surface area contributed by atoms with E-state index >= 15 is 0 Å². The molecule has 0 aromatic carbocycles. The minimum atomic E-state index is -2.10. The standard InChI is InChI=1S/C16H22O4SSi/c1-6-20-16(19)11(2)10-12(13-8-7-9-21-13)14(15(17)18)22(3,4)5/h7-9H,2,6,10H2,1,3-5H3,(H,17,18)/b14-12-. The zero-order chi connectivity index (χ0) is 16.9. The average Bonchev–Trinajstić information content (AvgIpc) is 2.89. The van der Waals surface area contributed by atoms with Crippen molar-refractivity contribution in [1.82, 2.24) is 0 Å². The number of hydrogen-bond acceptors (Lipinski definition) is 4. The fourth-order valence-electron chi connectivity index (χ4n) is 2.17. The van der Waals surface area contributed by atoms with Crippen molar-refractivity contribution in [2.75, 3.05) is 6.61 Å². The van der Waals surface area contributed by atoms with Crippen molar-refractivity contribution in [3.63, 3.8) is 0 Å². The molecule has 0 aliphatic heterocycles.